The van der Waals surface area contributed by atoms with E-state index in [9.17, 15) is 4.79 Å². The van der Waals surface area contributed by atoms with Crippen LogP contribution >= 0.6 is 24.8 Å². The zero-order chi connectivity index (χ0) is 14.4. The maximum absolute atomic E-state index is 11.9. The van der Waals surface area contributed by atoms with E-state index in [1.54, 1.807) is 0 Å². The molecule has 3 atom stereocenters. The summed E-state index contributed by atoms with van der Waals surface area (Å²) in [6, 6.07) is 0.242. The van der Waals surface area contributed by atoms with E-state index in [-0.39, 0.29) is 42.7 Å². The molecule has 1 saturated carbocycles. The van der Waals surface area contributed by atoms with Crippen molar-refractivity contribution in [2.45, 2.75) is 57.9 Å². The van der Waals surface area contributed by atoms with Crippen molar-refractivity contribution in [2.75, 3.05) is 26.2 Å². The molecule has 2 rings (SSSR count). The molecule has 3 N–H and O–H groups in total. The van der Waals surface area contributed by atoms with E-state index in [1.807, 2.05) is 0 Å². The average molecular weight is 354 g/mol. The van der Waals surface area contributed by atoms with Gasteiger partial charge in [-0.05, 0) is 64.0 Å². The Balaban J connectivity index is 0.00000220. The van der Waals surface area contributed by atoms with Crippen LogP contribution in [0.5, 0.6) is 0 Å². The van der Waals surface area contributed by atoms with Crippen molar-refractivity contribution in [3.63, 3.8) is 0 Å². The quantitative estimate of drug-likeness (QED) is 0.721. The SMILES string of the molecule is CC1CCCN(CCCCNC(=O)C2CCC(N)C2)C1.Cl.Cl. The lowest BCUT2D eigenvalue weighted by atomic mass is 10.0. The van der Waals surface area contributed by atoms with Gasteiger partial charge in [0.15, 0.2) is 0 Å². The fourth-order valence-corrected chi connectivity index (χ4v) is 3.56. The van der Waals surface area contributed by atoms with Crippen LogP contribution in [0.15, 0.2) is 0 Å². The van der Waals surface area contributed by atoms with E-state index in [4.69, 9.17) is 5.73 Å². The van der Waals surface area contributed by atoms with Crippen LogP contribution in [0.2, 0.25) is 0 Å². The van der Waals surface area contributed by atoms with E-state index in [0.717, 1.165) is 38.1 Å². The van der Waals surface area contributed by atoms with Crippen molar-refractivity contribution < 1.29 is 4.79 Å². The van der Waals surface area contributed by atoms with E-state index >= 15 is 0 Å². The maximum atomic E-state index is 11.9. The summed E-state index contributed by atoms with van der Waals surface area (Å²) in [5, 5.41) is 3.08. The number of rotatable bonds is 6. The topological polar surface area (TPSA) is 58.4 Å². The molecule has 0 aromatic heterocycles. The van der Waals surface area contributed by atoms with Crippen molar-refractivity contribution in [1.29, 1.82) is 0 Å². The highest BCUT2D eigenvalue weighted by Gasteiger charge is 2.27. The summed E-state index contributed by atoms with van der Waals surface area (Å²) < 4.78 is 0. The fraction of sp³-hybridized carbons (Fsp3) is 0.938. The van der Waals surface area contributed by atoms with E-state index in [2.05, 4.69) is 17.1 Å². The van der Waals surface area contributed by atoms with Gasteiger partial charge in [0.25, 0.3) is 0 Å². The molecule has 0 aromatic carbocycles. The van der Waals surface area contributed by atoms with Gasteiger partial charge in [-0.1, -0.05) is 6.92 Å². The van der Waals surface area contributed by atoms with Gasteiger partial charge in [0, 0.05) is 25.0 Å². The molecule has 3 unspecified atom stereocenters. The Morgan fingerprint density at radius 2 is 2.00 bits per heavy atom. The third-order valence-electron chi connectivity index (χ3n) is 4.79. The second kappa shape index (κ2) is 11.5. The predicted octanol–water partition coefficient (Wildman–Crippen LogP) is 2.59. The number of piperidine rings is 1. The third kappa shape index (κ3) is 7.49. The number of carbonyl (C=O) groups excluding carboxylic acids is 1. The molecule has 2 aliphatic rings. The molecular formula is C16H33Cl2N3O. The molecule has 132 valence electrons. The summed E-state index contributed by atoms with van der Waals surface area (Å²) >= 11 is 0. The molecule has 1 amide bonds. The van der Waals surface area contributed by atoms with Crippen molar-refractivity contribution in [3.05, 3.63) is 0 Å². The molecule has 4 nitrogen and oxygen atoms in total. The molecule has 0 radical (unpaired) electrons. The van der Waals surface area contributed by atoms with Crippen LogP contribution in [0.3, 0.4) is 0 Å². The van der Waals surface area contributed by atoms with Gasteiger partial charge in [-0.3, -0.25) is 4.79 Å². The van der Waals surface area contributed by atoms with Gasteiger partial charge in [-0.2, -0.15) is 0 Å². The maximum Gasteiger partial charge on any atom is 0.223 e. The van der Waals surface area contributed by atoms with Gasteiger partial charge < -0.3 is 16.0 Å². The summed E-state index contributed by atoms with van der Waals surface area (Å²) in [7, 11) is 0. The zero-order valence-electron chi connectivity index (χ0n) is 13.8. The van der Waals surface area contributed by atoms with Gasteiger partial charge in [-0.15, -0.1) is 24.8 Å². The van der Waals surface area contributed by atoms with Gasteiger partial charge in [0.2, 0.25) is 5.91 Å². The molecule has 2 fully saturated rings. The Morgan fingerprint density at radius 3 is 2.64 bits per heavy atom. The minimum absolute atomic E-state index is 0. The molecule has 0 aromatic rings. The lowest BCUT2D eigenvalue weighted by Crippen LogP contribution is -2.35. The Kier molecular flexibility index (Phi) is 11.5. The standard InChI is InChI=1S/C16H31N3O.2ClH/c1-13-5-4-10-19(12-13)9-3-2-8-18-16(20)14-6-7-15(17)11-14;;/h13-15H,2-12,17H2,1H3,(H,18,20);2*1H. The first-order chi connectivity index (χ1) is 9.65. The number of likely N-dealkylation sites (tertiary alicyclic amines) is 1. The number of nitrogens with two attached hydrogens (primary N) is 1. The number of halogens is 2. The van der Waals surface area contributed by atoms with Gasteiger partial charge in [0.1, 0.15) is 0 Å². The van der Waals surface area contributed by atoms with Crippen LogP contribution in [-0.2, 0) is 4.79 Å². The average Bonchev–Trinajstić information content (AvgIpc) is 2.85. The largest absolute Gasteiger partial charge is 0.356 e. The fourth-order valence-electron chi connectivity index (χ4n) is 3.56. The lowest BCUT2D eigenvalue weighted by Gasteiger charge is -2.30. The minimum atomic E-state index is 0. The van der Waals surface area contributed by atoms with Crippen LogP contribution in [0.4, 0.5) is 0 Å². The number of hydrogen-bond donors (Lipinski definition) is 2. The molecule has 1 aliphatic carbocycles. The smallest absolute Gasteiger partial charge is 0.223 e. The highest BCUT2D eigenvalue weighted by Crippen LogP contribution is 2.24. The number of hydrogen-bond acceptors (Lipinski definition) is 3. The van der Waals surface area contributed by atoms with Crippen LogP contribution in [0.25, 0.3) is 0 Å². The minimum Gasteiger partial charge on any atom is -0.356 e. The Morgan fingerprint density at radius 1 is 1.23 bits per heavy atom. The second-order valence-electron chi connectivity index (χ2n) is 6.82. The summed E-state index contributed by atoms with van der Waals surface area (Å²) in [5.74, 6) is 1.26. The monoisotopic (exact) mass is 353 g/mol. The first-order valence-electron chi connectivity index (χ1n) is 8.41. The number of amides is 1. The molecule has 22 heavy (non-hydrogen) atoms. The molecular weight excluding hydrogens is 321 g/mol. The van der Waals surface area contributed by atoms with Crippen LogP contribution < -0.4 is 11.1 Å². The highest BCUT2D eigenvalue weighted by molar-refractivity contribution is 5.85. The van der Waals surface area contributed by atoms with Crippen LogP contribution in [-0.4, -0.2) is 43.0 Å². The summed E-state index contributed by atoms with van der Waals surface area (Å²) in [6.07, 6.45) is 7.86. The zero-order valence-corrected chi connectivity index (χ0v) is 15.4. The van der Waals surface area contributed by atoms with E-state index < -0.39 is 0 Å². The molecule has 0 bridgehead atoms. The van der Waals surface area contributed by atoms with Crippen molar-refractivity contribution in [3.8, 4) is 0 Å². The highest BCUT2D eigenvalue weighted by atomic mass is 35.5. The Bertz CT molecular complexity index is 318. The summed E-state index contributed by atoms with van der Waals surface area (Å²) in [5.41, 5.74) is 5.85. The van der Waals surface area contributed by atoms with Crippen LogP contribution in [0.1, 0.15) is 51.9 Å². The lowest BCUT2D eigenvalue weighted by molar-refractivity contribution is -0.124. The normalized spacial score (nSPS) is 28.5. The number of unbranched alkanes of at least 4 members (excludes halogenated alkanes) is 1. The molecule has 0 spiro atoms. The Hall–Kier alpha value is -0.0300. The third-order valence-corrected chi connectivity index (χ3v) is 4.79. The predicted molar refractivity (Wildman–Crippen MR) is 96.9 cm³/mol. The molecule has 1 aliphatic heterocycles. The van der Waals surface area contributed by atoms with Crippen molar-refractivity contribution in [2.24, 2.45) is 17.6 Å². The summed E-state index contributed by atoms with van der Waals surface area (Å²) in [6.45, 7) is 6.88. The van der Waals surface area contributed by atoms with Gasteiger partial charge >= 0.3 is 0 Å². The number of nitrogens with one attached hydrogen (secondary N) is 1. The van der Waals surface area contributed by atoms with Crippen molar-refractivity contribution in [1.82, 2.24) is 10.2 Å². The Labute approximate surface area is 147 Å². The number of nitrogens with zero attached hydrogens (tertiary/aromatic N) is 1. The molecule has 1 saturated heterocycles. The number of carbonyl (C=O) groups is 1. The molecule has 6 heteroatoms. The van der Waals surface area contributed by atoms with E-state index in [1.165, 1.54) is 38.9 Å². The first kappa shape index (κ1) is 22.0. The molecule has 1 heterocycles. The second-order valence-corrected chi connectivity index (χ2v) is 6.82. The van der Waals surface area contributed by atoms with Crippen molar-refractivity contribution >= 4 is 30.7 Å². The van der Waals surface area contributed by atoms with Crippen LogP contribution in [0, 0.1) is 11.8 Å². The first-order valence-corrected chi connectivity index (χ1v) is 8.41. The summed E-state index contributed by atoms with van der Waals surface area (Å²) in [4.78, 5) is 14.5. The van der Waals surface area contributed by atoms with E-state index in [0.29, 0.717) is 0 Å². The van der Waals surface area contributed by atoms with Gasteiger partial charge in [-0.25, -0.2) is 0 Å². The van der Waals surface area contributed by atoms with Gasteiger partial charge in [0.05, 0.1) is 0 Å².